The van der Waals surface area contributed by atoms with E-state index in [2.05, 4.69) is 9.71 Å². The van der Waals surface area contributed by atoms with Crippen LogP contribution in [-0.4, -0.2) is 44.2 Å². The van der Waals surface area contributed by atoms with Crippen LogP contribution in [-0.2, 0) is 19.6 Å². The van der Waals surface area contributed by atoms with Crippen molar-refractivity contribution in [2.75, 3.05) is 13.7 Å². The number of rotatable bonds is 7. The van der Waals surface area contributed by atoms with Crippen molar-refractivity contribution >= 4 is 27.3 Å². The zero-order valence-electron chi connectivity index (χ0n) is 9.91. The third kappa shape index (κ3) is 4.33. The van der Waals surface area contributed by atoms with E-state index in [1.165, 1.54) is 13.3 Å². The fourth-order valence-corrected chi connectivity index (χ4v) is 3.39. The summed E-state index contributed by atoms with van der Waals surface area (Å²) in [6, 6.07) is 0. The third-order valence-electron chi connectivity index (χ3n) is 2.10. The highest BCUT2D eigenvalue weighted by Crippen LogP contribution is 2.17. The van der Waals surface area contributed by atoms with Gasteiger partial charge in [0.15, 0.2) is 4.21 Å². The predicted octanol–water partition coefficient (Wildman–Crippen LogP) is 0.220. The summed E-state index contributed by atoms with van der Waals surface area (Å²) in [6.07, 6.45) is 0.300. The van der Waals surface area contributed by atoms with Gasteiger partial charge in [0.2, 0.25) is 0 Å². The number of nitrogens with zero attached hydrogens (tertiary/aromatic N) is 1. The zero-order valence-corrected chi connectivity index (χ0v) is 11.5. The van der Waals surface area contributed by atoms with Crippen molar-refractivity contribution in [1.82, 2.24) is 9.71 Å². The zero-order chi connectivity index (χ0) is 13.8. The topological polar surface area (TPSA) is 106 Å². The molecule has 2 N–H and O–H groups in total. The summed E-state index contributed by atoms with van der Waals surface area (Å²) < 4.78 is 30.9. The summed E-state index contributed by atoms with van der Waals surface area (Å²) >= 11 is 1.05. The molecule has 1 aromatic rings. The van der Waals surface area contributed by atoms with Crippen molar-refractivity contribution in [3.63, 3.8) is 0 Å². The Bertz CT molecular complexity index is 511. The van der Waals surface area contributed by atoms with Gasteiger partial charge in [-0.05, 0) is 6.92 Å². The van der Waals surface area contributed by atoms with Crippen molar-refractivity contribution in [3.05, 3.63) is 11.2 Å². The molecular weight excluding hydrogens is 280 g/mol. The number of aliphatic carboxylic acids is 1. The molecule has 1 atom stereocenters. The van der Waals surface area contributed by atoms with Crippen LogP contribution in [0.25, 0.3) is 0 Å². The first kappa shape index (κ1) is 15.0. The van der Waals surface area contributed by atoms with Gasteiger partial charge in [-0.2, -0.15) is 0 Å². The van der Waals surface area contributed by atoms with Gasteiger partial charge in [-0.15, -0.1) is 11.3 Å². The van der Waals surface area contributed by atoms with Crippen LogP contribution in [0.5, 0.6) is 0 Å². The van der Waals surface area contributed by atoms with Crippen LogP contribution in [0, 0.1) is 6.92 Å². The quantitative estimate of drug-likeness (QED) is 0.745. The number of hydrogen-bond acceptors (Lipinski definition) is 6. The minimum Gasteiger partial charge on any atom is -0.481 e. The van der Waals surface area contributed by atoms with Crippen molar-refractivity contribution in [2.24, 2.45) is 0 Å². The lowest BCUT2D eigenvalue weighted by molar-refractivity contribution is -0.139. The molecule has 1 unspecified atom stereocenters. The number of carboxylic acid groups (broad SMARTS) is 1. The molecule has 18 heavy (non-hydrogen) atoms. The Kier molecular flexibility index (Phi) is 5.20. The van der Waals surface area contributed by atoms with Gasteiger partial charge in [0.05, 0.1) is 23.7 Å². The molecular formula is C9H14N2O5S2. The van der Waals surface area contributed by atoms with E-state index < -0.39 is 22.1 Å². The highest BCUT2D eigenvalue weighted by Gasteiger charge is 2.20. The Morgan fingerprint density at radius 3 is 2.78 bits per heavy atom. The smallest absolute Gasteiger partial charge is 0.306 e. The summed E-state index contributed by atoms with van der Waals surface area (Å²) in [5.41, 5.74) is 0. The number of thiazole rings is 1. The summed E-state index contributed by atoms with van der Waals surface area (Å²) in [5.74, 6) is -1.05. The molecule has 0 aliphatic carbocycles. The average molecular weight is 294 g/mol. The maximum atomic E-state index is 11.8. The van der Waals surface area contributed by atoms with Crippen LogP contribution >= 0.6 is 11.3 Å². The highest BCUT2D eigenvalue weighted by molar-refractivity contribution is 7.91. The Labute approximate surface area is 109 Å². The van der Waals surface area contributed by atoms with Crippen LogP contribution in [0.15, 0.2) is 10.4 Å². The van der Waals surface area contributed by atoms with E-state index in [0.717, 1.165) is 11.3 Å². The molecule has 102 valence electrons. The lowest BCUT2D eigenvalue weighted by Crippen LogP contribution is -2.34. The number of methoxy groups -OCH3 is 1. The van der Waals surface area contributed by atoms with E-state index in [1.807, 2.05) is 0 Å². The minimum atomic E-state index is -3.65. The van der Waals surface area contributed by atoms with Crippen LogP contribution < -0.4 is 4.72 Å². The van der Waals surface area contributed by atoms with Crippen molar-refractivity contribution in [3.8, 4) is 0 Å². The number of nitrogens with one attached hydrogen (secondary N) is 1. The van der Waals surface area contributed by atoms with Crippen LogP contribution in [0.3, 0.4) is 0 Å². The average Bonchev–Trinajstić information content (AvgIpc) is 2.71. The van der Waals surface area contributed by atoms with Gasteiger partial charge >= 0.3 is 5.97 Å². The fourth-order valence-electron chi connectivity index (χ4n) is 1.17. The summed E-state index contributed by atoms with van der Waals surface area (Å²) in [6.45, 7) is 1.61. The number of sulfonamides is 1. The molecule has 0 radical (unpaired) electrons. The fraction of sp³-hybridized carbons (Fsp3) is 0.556. The Morgan fingerprint density at radius 1 is 1.67 bits per heavy atom. The predicted molar refractivity (Wildman–Crippen MR) is 65.1 cm³/mol. The second kappa shape index (κ2) is 6.23. The van der Waals surface area contributed by atoms with Gasteiger partial charge in [0.1, 0.15) is 0 Å². The van der Waals surface area contributed by atoms with Crippen LogP contribution in [0.1, 0.15) is 11.4 Å². The van der Waals surface area contributed by atoms with Crippen molar-refractivity contribution < 1.29 is 23.1 Å². The van der Waals surface area contributed by atoms with Crippen molar-refractivity contribution in [1.29, 1.82) is 0 Å². The first-order valence-corrected chi connectivity index (χ1v) is 7.32. The second-order valence-corrected chi connectivity index (χ2v) is 6.73. The molecule has 1 rings (SSSR count). The summed E-state index contributed by atoms with van der Waals surface area (Å²) in [5, 5.41) is 9.24. The summed E-state index contributed by atoms with van der Waals surface area (Å²) in [4.78, 5) is 14.4. The molecule has 0 aliphatic heterocycles. The molecule has 1 heterocycles. The van der Waals surface area contributed by atoms with E-state index in [4.69, 9.17) is 9.84 Å². The maximum absolute atomic E-state index is 11.8. The van der Waals surface area contributed by atoms with E-state index >= 15 is 0 Å². The molecule has 0 saturated carbocycles. The summed E-state index contributed by atoms with van der Waals surface area (Å²) in [7, 11) is -2.32. The number of carbonyl (C=O) groups is 1. The SMILES string of the molecule is COC(CNS(=O)(=O)c1cnc(C)s1)CC(=O)O. The molecule has 0 aliphatic rings. The molecule has 9 heteroatoms. The number of hydrogen-bond donors (Lipinski definition) is 2. The Hall–Kier alpha value is -1.03. The number of carboxylic acids is 1. The highest BCUT2D eigenvalue weighted by atomic mass is 32.2. The molecule has 1 aromatic heterocycles. The first-order valence-electron chi connectivity index (χ1n) is 5.02. The number of ether oxygens (including phenoxy) is 1. The first-order chi connectivity index (χ1) is 8.35. The number of aromatic nitrogens is 1. The molecule has 0 fully saturated rings. The Morgan fingerprint density at radius 2 is 2.33 bits per heavy atom. The lowest BCUT2D eigenvalue weighted by atomic mass is 10.2. The standard InChI is InChI=1S/C9H14N2O5S2/c1-6-10-5-9(17-6)18(14,15)11-4-7(16-2)3-8(12)13/h5,7,11H,3-4H2,1-2H3,(H,12,13). The van der Waals surface area contributed by atoms with E-state index in [-0.39, 0.29) is 17.2 Å². The van der Waals surface area contributed by atoms with Gasteiger partial charge in [-0.25, -0.2) is 18.1 Å². The van der Waals surface area contributed by atoms with Crippen LogP contribution in [0.4, 0.5) is 0 Å². The molecule has 0 spiro atoms. The van der Waals surface area contributed by atoms with E-state index in [1.54, 1.807) is 6.92 Å². The van der Waals surface area contributed by atoms with Gasteiger partial charge in [0, 0.05) is 13.7 Å². The maximum Gasteiger partial charge on any atom is 0.306 e. The van der Waals surface area contributed by atoms with Gasteiger partial charge in [-0.3, -0.25) is 4.79 Å². The lowest BCUT2D eigenvalue weighted by Gasteiger charge is -2.13. The molecule has 0 aromatic carbocycles. The number of aryl methyl sites for hydroxylation is 1. The molecule has 0 saturated heterocycles. The van der Waals surface area contributed by atoms with Crippen molar-refractivity contribution in [2.45, 2.75) is 23.7 Å². The van der Waals surface area contributed by atoms with Gasteiger partial charge < -0.3 is 9.84 Å². The largest absolute Gasteiger partial charge is 0.481 e. The monoisotopic (exact) mass is 294 g/mol. The van der Waals surface area contributed by atoms with Crippen LogP contribution in [0.2, 0.25) is 0 Å². The molecule has 0 bridgehead atoms. The normalized spacial score (nSPS) is 13.4. The third-order valence-corrected chi connectivity index (χ3v) is 4.90. The Balaban J connectivity index is 2.64. The molecule has 0 amide bonds. The van der Waals surface area contributed by atoms with Gasteiger partial charge in [0.25, 0.3) is 10.0 Å². The second-order valence-electron chi connectivity index (χ2n) is 3.51. The minimum absolute atomic E-state index is 0.0952. The van der Waals surface area contributed by atoms with E-state index in [0.29, 0.717) is 5.01 Å². The van der Waals surface area contributed by atoms with Gasteiger partial charge in [-0.1, -0.05) is 0 Å². The van der Waals surface area contributed by atoms with E-state index in [9.17, 15) is 13.2 Å². The molecule has 7 nitrogen and oxygen atoms in total.